The lowest BCUT2D eigenvalue weighted by Gasteiger charge is -2.20. The van der Waals surface area contributed by atoms with E-state index in [-0.39, 0.29) is 18.2 Å². The fourth-order valence-electron chi connectivity index (χ4n) is 1.51. The summed E-state index contributed by atoms with van der Waals surface area (Å²) in [5.41, 5.74) is 5.52. The molecule has 0 saturated carbocycles. The zero-order valence-corrected chi connectivity index (χ0v) is 7.04. The van der Waals surface area contributed by atoms with Gasteiger partial charge in [-0.2, -0.15) is 0 Å². The van der Waals surface area contributed by atoms with Crippen molar-refractivity contribution in [2.75, 3.05) is 27.3 Å². The minimum absolute atomic E-state index is 0.102. The van der Waals surface area contributed by atoms with Gasteiger partial charge in [0, 0.05) is 33.4 Å². The van der Waals surface area contributed by atoms with Crippen LogP contribution in [-0.4, -0.2) is 45.6 Å². The molecule has 0 bridgehead atoms. The second-order valence-corrected chi connectivity index (χ2v) is 2.72. The van der Waals surface area contributed by atoms with Crippen LogP contribution in [0.15, 0.2) is 0 Å². The molecular weight excluding hydrogens is 144 g/mol. The van der Waals surface area contributed by atoms with E-state index < -0.39 is 0 Å². The lowest BCUT2D eigenvalue weighted by molar-refractivity contribution is -0.0165. The zero-order valence-electron chi connectivity index (χ0n) is 7.04. The summed E-state index contributed by atoms with van der Waals surface area (Å²) in [5, 5.41) is 3.23. The molecule has 1 heterocycles. The maximum absolute atomic E-state index is 5.52. The van der Waals surface area contributed by atoms with Gasteiger partial charge in [-0.1, -0.05) is 0 Å². The number of nitrogens with two attached hydrogens (primary N) is 1. The van der Waals surface area contributed by atoms with Gasteiger partial charge in [0.25, 0.3) is 0 Å². The minimum atomic E-state index is 0.102. The Hall–Kier alpha value is -0.160. The average Bonchev–Trinajstić information content (AvgIpc) is 2.45. The monoisotopic (exact) mass is 160 g/mol. The molecule has 1 saturated heterocycles. The van der Waals surface area contributed by atoms with Crippen LogP contribution in [-0.2, 0) is 9.47 Å². The topological polar surface area (TPSA) is 56.5 Å². The first-order valence-corrected chi connectivity index (χ1v) is 3.82. The van der Waals surface area contributed by atoms with Gasteiger partial charge in [0.2, 0.25) is 0 Å². The number of hydrogen-bond acceptors (Lipinski definition) is 4. The van der Waals surface area contributed by atoms with Crippen molar-refractivity contribution < 1.29 is 9.47 Å². The van der Waals surface area contributed by atoms with Crippen molar-refractivity contribution >= 4 is 0 Å². The van der Waals surface area contributed by atoms with Crippen molar-refractivity contribution in [2.45, 2.75) is 18.2 Å². The standard InChI is InChI=1S/C7H16N2O2/c1-10-6-4-9-5(3-8)7(6)11-2/h5-7,9H,3-4,8H2,1-2H3/t5-,6+,7-/m0/s1. The van der Waals surface area contributed by atoms with Gasteiger partial charge in [-0.25, -0.2) is 0 Å². The van der Waals surface area contributed by atoms with E-state index in [0.717, 1.165) is 6.54 Å². The summed E-state index contributed by atoms with van der Waals surface area (Å²) in [6.45, 7) is 1.43. The van der Waals surface area contributed by atoms with Gasteiger partial charge in [0.15, 0.2) is 0 Å². The smallest absolute Gasteiger partial charge is 0.101 e. The molecule has 1 rings (SSSR count). The third-order valence-electron chi connectivity index (χ3n) is 2.17. The Bertz CT molecular complexity index is 109. The van der Waals surface area contributed by atoms with Gasteiger partial charge in [0.1, 0.15) is 6.10 Å². The predicted molar refractivity (Wildman–Crippen MR) is 42.4 cm³/mol. The molecule has 1 fully saturated rings. The summed E-state index contributed by atoms with van der Waals surface area (Å²) in [4.78, 5) is 0. The molecule has 0 aromatic rings. The molecule has 0 radical (unpaired) electrons. The molecule has 4 nitrogen and oxygen atoms in total. The lowest BCUT2D eigenvalue weighted by Crippen LogP contribution is -2.40. The molecule has 0 aromatic heterocycles. The maximum atomic E-state index is 5.52. The molecule has 4 heteroatoms. The van der Waals surface area contributed by atoms with E-state index in [0.29, 0.717) is 6.54 Å². The van der Waals surface area contributed by atoms with E-state index in [9.17, 15) is 0 Å². The third-order valence-corrected chi connectivity index (χ3v) is 2.17. The van der Waals surface area contributed by atoms with Crippen LogP contribution in [0.25, 0.3) is 0 Å². The second kappa shape index (κ2) is 4.01. The Morgan fingerprint density at radius 1 is 1.45 bits per heavy atom. The van der Waals surface area contributed by atoms with E-state index in [4.69, 9.17) is 15.2 Å². The Labute approximate surface area is 67.0 Å². The summed E-state index contributed by atoms with van der Waals surface area (Å²) in [5.74, 6) is 0. The first-order valence-electron chi connectivity index (χ1n) is 3.82. The van der Waals surface area contributed by atoms with Gasteiger partial charge < -0.3 is 20.5 Å². The molecule has 1 aliphatic rings. The predicted octanol–water partition coefficient (Wildman–Crippen LogP) is -1.05. The number of nitrogens with one attached hydrogen (secondary N) is 1. The average molecular weight is 160 g/mol. The first-order chi connectivity index (χ1) is 5.33. The van der Waals surface area contributed by atoms with Crippen molar-refractivity contribution in [1.82, 2.24) is 5.32 Å². The quantitative estimate of drug-likeness (QED) is 0.553. The molecule has 0 spiro atoms. The van der Waals surface area contributed by atoms with Crippen LogP contribution < -0.4 is 11.1 Å². The highest BCUT2D eigenvalue weighted by atomic mass is 16.5. The van der Waals surface area contributed by atoms with Crippen molar-refractivity contribution in [3.63, 3.8) is 0 Å². The molecule has 11 heavy (non-hydrogen) atoms. The molecule has 0 aromatic carbocycles. The summed E-state index contributed by atoms with van der Waals surface area (Å²) in [6.07, 6.45) is 0.249. The number of hydrogen-bond donors (Lipinski definition) is 2. The molecule has 3 atom stereocenters. The SMILES string of the molecule is CO[C@H]1[C@H](CN)NC[C@H]1OC. The van der Waals surface area contributed by atoms with Gasteiger partial charge >= 0.3 is 0 Å². The largest absolute Gasteiger partial charge is 0.377 e. The normalized spacial score (nSPS) is 37.9. The van der Waals surface area contributed by atoms with Crippen LogP contribution in [0.4, 0.5) is 0 Å². The van der Waals surface area contributed by atoms with Crippen molar-refractivity contribution in [3.05, 3.63) is 0 Å². The zero-order chi connectivity index (χ0) is 8.27. The Morgan fingerprint density at radius 3 is 2.64 bits per heavy atom. The molecular formula is C7H16N2O2. The summed E-state index contributed by atoms with van der Waals surface area (Å²) in [6, 6.07) is 0.241. The van der Waals surface area contributed by atoms with Crippen LogP contribution in [0.2, 0.25) is 0 Å². The molecule has 0 amide bonds. The Balaban J connectivity index is 2.48. The Kier molecular flexibility index (Phi) is 3.26. The van der Waals surface area contributed by atoms with Crippen molar-refractivity contribution in [1.29, 1.82) is 0 Å². The number of rotatable bonds is 3. The fraction of sp³-hybridized carbons (Fsp3) is 1.00. The van der Waals surface area contributed by atoms with Gasteiger partial charge in [-0.15, -0.1) is 0 Å². The third kappa shape index (κ3) is 1.70. The van der Waals surface area contributed by atoms with Crippen LogP contribution >= 0.6 is 0 Å². The van der Waals surface area contributed by atoms with E-state index >= 15 is 0 Å². The molecule has 0 aliphatic carbocycles. The number of ether oxygens (including phenoxy) is 2. The highest BCUT2D eigenvalue weighted by Crippen LogP contribution is 2.12. The van der Waals surface area contributed by atoms with Crippen molar-refractivity contribution in [2.24, 2.45) is 5.73 Å². The number of methoxy groups -OCH3 is 2. The van der Waals surface area contributed by atoms with Crippen LogP contribution in [0.5, 0.6) is 0 Å². The minimum Gasteiger partial charge on any atom is -0.377 e. The van der Waals surface area contributed by atoms with E-state index in [1.807, 2.05) is 0 Å². The maximum Gasteiger partial charge on any atom is 0.101 e. The van der Waals surface area contributed by atoms with E-state index in [2.05, 4.69) is 5.32 Å². The van der Waals surface area contributed by atoms with Crippen LogP contribution in [0, 0.1) is 0 Å². The van der Waals surface area contributed by atoms with Crippen LogP contribution in [0.1, 0.15) is 0 Å². The van der Waals surface area contributed by atoms with Crippen LogP contribution in [0.3, 0.4) is 0 Å². The fourth-order valence-corrected chi connectivity index (χ4v) is 1.51. The van der Waals surface area contributed by atoms with E-state index in [1.165, 1.54) is 0 Å². The van der Waals surface area contributed by atoms with E-state index in [1.54, 1.807) is 14.2 Å². The second-order valence-electron chi connectivity index (χ2n) is 2.72. The van der Waals surface area contributed by atoms with Gasteiger partial charge in [-0.3, -0.25) is 0 Å². The summed E-state index contributed by atoms with van der Waals surface area (Å²) < 4.78 is 10.5. The van der Waals surface area contributed by atoms with Gasteiger partial charge in [0.05, 0.1) is 6.10 Å². The first kappa shape index (κ1) is 8.93. The highest BCUT2D eigenvalue weighted by molar-refractivity contribution is 4.92. The molecule has 3 N–H and O–H groups in total. The molecule has 1 aliphatic heterocycles. The summed E-state index contributed by atoms with van der Waals surface area (Å²) in [7, 11) is 3.38. The Morgan fingerprint density at radius 2 is 2.18 bits per heavy atom. The molecule has 0 unspecified atom stereocenters. The highest BCUT2D eigenvalue weighted by Gasteiger charge is 2.34. The summed E-state index contributed by atoms with van der Waals surface area (Å²) >= 11 is 0. The van der Waals surface area contributed by atoms with Crippen molar-refractivity contribution in [3.8, 4) is 0 Å². The van der Waals surface area contributed by atoms with Gasteiger partial charge in [-0.05, 0) is 0 Å². The molecule has 66 valence electrons. The lowest BCUT2D eigenvalue weighted by atomic mass is 10.1.